The third kappa shape index (κ3) is 4.61. The summed E-state index contributed by atoms with van der Waals surface area (Å²) in [5, 5.41) is 18.5. The number of ether oxygens (including phenoxy) is 1. The van der Waals surface area contributed by atoms with Crippen molar-refractivity contribution in [2.24, 2.45) is 0 Å². The van der Waals surface area contributed by atoms with Gasteiger partial charge in [-0.05, 0) is 6.92 Å². The summed E-state index contributed by atoms with van der Waals surface area (Å²) in [4.78, 5) is 34.7. The zero-order chi connectivity index (χ0) is 17.9. The molecule has 1 saturated heterocycles. The molecule has 0 aliphatic carbocycles. The molecule has 12 heteroatoms. The van der Waals surface area contributed by atoms with Crippen molar-refractivity contribution in [2.45, 2.75) is 31.8 Å². The highest BCUT2D eigenvalue weighted by atomic mass is 31.2. The maximum absolute atomic E-state index is 11.8. The van der Waals surface area contributed by atoms with E-state index in [1.807, 2.05) is 0 Å². The molecular weight excluding hydrogens is 347 g/mol. The molecule has 2 unspecified atom stereocenters. The Morgan fingerprint density at radius 3 is 2.83 bits per heavy atom. The van der Waals surface area contributed by atoms with Crippen LogP contribution >= 0.6 is 7.82 Å². The van der Waals surface area contributed by atoms with Crippen LogP contribution in [0.3, 0.4) is 0 Å². The summed E-state index contributed by atoms with van der Waals surface area (Å²) < 4.78 is 27.2. The molecule has 0 radical (unpaired) electrons. The lowest BCUT2D eigenvalue weighted by Crippen LogP contribution is -2.33. The second-order valence-corrected chi connectivity index (χ2v) is 6.69. The second-order valence-electron chi connectivity index (χ2n) is 5.23. The Labute approximate surface area is 136 Å². The Kier molecular flexibility index (Phi) is 6.10. The molecule has 136 valence electrons. The third-order valence-corrected chi connectivity index (χ3v) is 4.39. The van der Waals surface area contributed by atoms with E-state index in [1.54, 1.807) is 0 Å². The second kappa shape index (κ2) is 7.70. The van der Waals surface area contributed by atoms with Gasteiger partial charge in [-0.25, -0.2) is 9.36 Å². The van der Waals surface area contributed by atoms with Gasteiger partial charge in [0.05, 0.1) is 25.9 Å². The van der Waals surface area contributed by atoms with E-state index < -0.39 is 50.7 Å². The number of hydrogen-bond donors (Lipinski definition) is 4. The predicted molar refractivity (Wildman–Crippen MR) is 79.4 cm³/mol. The molecule has 1 aromatic heterocycles. The van der Waals surface area contributed by atoms with E-state index in [9.17, 15) is 24.2 Å². The van der Waals surface area contributed by atoms with Gasteiger partial charge in [0.2, 0.25) is 0 Å². The zero-order valence-electron chi connectivity index (χ0n) is 12.8. The lowest BCUT2D eigenvalue weighted by Gasteiger charge is -2.18. The molecular formula is C12H19N2O9P. The van der Waals surface area contributed by atoms with Crippen molar-refractivity contribution in [1.82, 2.24) is 9.55 Å². The number of aryl methyl sites for hydroxylation is 1. The number of H-pyrrole nitrogens is 1. The SMILES string of the molecule is Cc1cn([C@H]2CC(O)[C@@H](COP(=O)(O)OCCO)O2)c(=O)[nH]c1=O. The van der Waals surface area contributed by atoms with E-state index in [0.717, 1.165) is 4.57 Å². The highest BCUT2D eigenvalue weighted by Gasteiger charge is 2.37. The predicted octanol–water partition coefficient (Wildman–Crippen LogP) is -1.38. The van der Waals surface area contributed by atoms with Crippen LogP contribution in [0.4, 0.5) is 0 Å². The molecule has 0 saturated carbocycles. The molecule has 1 aliphatic rings. The number of rotatable bonds is 7. The van der Waals surface area contributed by atoms with Crippen molar-refractivity contribution in [2.75, 3.05) is 19.8 Å². The van der Waals surface area contributed by atoms with Gasteiger partial charge in [-0.1, -0.05) is 0 Å². The van der Waals surface area contributed by atoms with Crippen LogP contribution in [0.1, 0.15) is 18.2 Å². The molecule has 0 spiro atoms. The van der Waals surface area contributed by atoms with Gasteiger partial charge >= 0.3 is 13.5 Å². The van der Waals surface area contributed by atoms with Crippen LogP contribution in [0.25, 0.3) is 0 Å². The van der Waals surface area contributed by atoms with Crippen LogP contribution in [0, 0.1) is 6.92 Å². The Morgan fingerprint density at radius 2 is 2.17 bits per heavy atom. The van der Waals surface area contributed by atoms with E-state index in [-0.39, 0.29) is 13.0 Å². The van der Waals surface area contributed by atoms with Crippen molar-refractivity contribution in [1.29, 1.82) is 0 Å². The minimum Gasteiger partial charge on any atom is -0.394 e. The molecule has 4 N–H and O–H groups in total. The minimum absolute atomic E-state index is 0.0344. The number of aromatic amines is 1. The van der Waals surface area contributed by atoms with Gasteiger partial charge in [0.15, 0.2) is 0 Å². The molecule has 1 aromatic rings. The van der Waals surface area contributed by atoms with Crippen LogP contribution in [-0.2, 0) is 18.3 Å². The van der Waals surface area contributed by atoms with E-state index >= 15 is 0 Å². The maximum Gasteiger partial charge on any atom is 0.472 e. The molecule has 0 aromatic carbocycles. The number of hydrogen-bond acceptors (Lipinski definition) is 8. The van der Waals surface area contributed by atoms with Gasteiger partial charge in [0.25, 0.3) is 5.56 Å². The highest BCUT2D eigenvalue weighted by Crippen LogP contribution is 2.44. The first-order valence-corrected chi connectivity index (χ1v) is 8.61. The Bertz CT molecular complexity index is 730. The fourth-order valence-corrected chi connectivity index (χ4v) is 2.92. The summed E-state index contributed by atoms with van der Waals surface area (Å²) in [6.07, 6.45) is -1.53. The quantitative estimate of drug-likeness (QED) is 0.426. The van der Waals surface area contributed by atoms with Crippen LogP contribution in [0.2, 0.25) is 0 Å². The van der Waals surface area contributed by atoms with Crippen LogP contribution in [0.5, 0.6) is 0 Å². The van der Waals surface area contributed by atoms with Gasteiger partial charge in [-0.15, -0.1) is 0 Å². The van der Waals surface area contributed by atoms with Gasteiger partial charge < -0.3 is 19.8 Å². The van der Waals surface area contributed by atoms with E-state index in [0.29, 0.717) is 5.56 Å². The third-order valence-electron chi connectivity index (χ3n) is 3.41. The largest absolute Gasteiger partial charge is 0.472 e. The van der Waals surface area contributed by atoms with Crippen LogP contribution in [0.15, 0.2) is 15.8 Å². The Balaban J connectivity index is 2.02. The number of phosphoric acid groups is 1. The molecule has 2 heterocycles. The number of aromatic nitrogens is 2. The van der Waals surface area contributed by atoms with Crippen LogP contribution < -0.4 is 11.2 Å². The normalized spacial score (nSPS) is 26.4. The molecule has 11 nitrogen and oxygen atoms in total. The summed E-state index contributed by atoms with van der Waals surface area (Å²) >= 11 is 0. The molecule has 24 heavy (non-hydrogen) atoms. The maximum atomic E-state index is 11.8. The first-order chi connectivity index (χ1) is 11.2. The smallest absolute Gasteiger partial charge is 0.394 e. The average Bonchev–Trinajstić information content (AvgIpc) is 2.88. The number of phosphoric ester groups is 1. The number of nitrogens with zero attached hydrogens (tertiary/aromatic N) is 1. The van der Waals surface area contributed by atoms with Gasteiger partial charge in [-0.3, -0.25) is 23.4 Å². The number of aliphatic hydroxyl groups excluding tert-OH is 2. The monoisotopic (exact) mass is 366 g/mol. The standard InChI is InChI=1S/C12H19N2O9P/c1-7-5-14(12(18)13-11(7)17)10-4-8(16)9(23-10)6-22-24(19,20)21-3-2-15/h5,8-10,15-16H,2-4,6H2,1H3,(H,19,20)(H,13,17,18)/t8?,9-,10-/m1/s1. The van der Waals surface area contributed by atoms with Gasteiger partial charge in [0, 0.05) is 18.2 Å². The van der Waals surface area contributed by atoms with Gasteiger partial charge in [0.1, 0.15) is 12.3 Å². The topological polar surface area (TPSA) is 160 Å². The van der Waals surface area contributed by atoms with E-state index in [4.69, 9.17) is 14.4 Å². The first-order valence-electron chi connectivity index (χ1n) is 7.12. The fourth-order valence-electron chi connectivity index (χ4n) is 2.20. The summed E-state index contributed by atoms with van der Waals surface area (Å²) in [6, 6.07) is 0. The fraction of sp³-hybridized carbons (Fsp3) is 0.667. The van der Waals surface area contributed by atoms with Crippen LogP contribution in [-0.4, -0.2) is 56.7 Å². The summed E-state index contributed by atoms with van der Waals surface area (Å²) in [7, 11) is -4.37. The van der Waals surface area contributed by atoms with Crippen molar-refractivity contribution in [3.05, 3.63) is 32.6 Å². The van der Waals surface area contributed by atoms with Crippen molar-refractivity contribution in [3.63, 3.8) is 0 Å². The van der Waals surface area contributed by atoms with Crippen molar-refractivity contribution in [3.8, 4) is 0 Å². The minimum atomic E-state index is -4.37. The van der Waals surface area contributed by atoms with E-state index in [1.165, 1.54) is 13.1 Å². The number of nitrogens with one attached hydrogen (secondary N) is 1. The molecule has 2 rings (SSSR count). The number of aliphatic hydroxyl groups is 2. The van der Waals surface area contributed by atoms with Crippen molar-refractivity contribution < 1.29 is 33.5 Å². The molecule has 4 atom stereocenters. The Hall–Kier alpha value is -1.33. The lowest BCUT2D eigenvalue weighted by atomic mass is 10.2. The summed E-state index contributed by atoms with van der Waals surface area (Å²) in [5.41, 5.74) is -0.912. The van der Waals surface area contributed by atoms with E-state index in [2.05, 4.69) is 9.51 Å². The molecule has 1 aliphatic heterocycles. The highest BCUT2D eigenvalue weighted by molar-refractivity contribution is 7.47. The zero-order valence-corrected chi connectivity index (χ0v) is 13.7. The van der Waals surface area contributed by atoms with Gasteiger partial charge in [-0.2, -0.15) is 0 Å². The van der Waals surface area contributed by atoms with Crippen molar-refractivity contribution >= 4 is 7.82 Å². The Morgan fingerprint density at radius 1 is 1.46 bits per heavy atom. The molecule has 0 bridgehead atoms. The summed E-state index contributed by atoms with van der Waals surface area (Å²) in [6.45, 7) is 0.235. The lowest BCUT2D eigenvalue weighted by molar-refractivity contribution is -0.0468. The molecule has 1 fully saturated rings. The molecule has 0 amide bonds. The summed E-state index contributed by atoms with van der Waals surface area (Å²) in [5.74, 6) is 0. The first kappa shape index (κ1) is 19.0. The average molecular weight is 366 g/mol.